The summed E-state index contributed by atoms with van der Waals surface area (Å²) in [5, 5.41) is 0.396. The van der Waals surface area contributed by atoms with E-state index < -0.39 is 27.9 Å². The van der Waals surface area contributed by atoms with Gasteiger partial charge in [-0.15, -0.1) is 6.58 Å². The zero-order valence-electron chi connectivity index (χ0n) is 16.8. The lowest BCUT2D eigenvalue weighted by atomic mass is 10.0. The van der Waals surface area contributed by atoms with E-state index in [-0.39, 0.29) is 17.9 Å². The lowest BCUT2D eigenvalue weighted by molar-refractivity contribution is -0.122. The van der Waals surface area contributed by atoms with Crippen molar-refractivity contribution in [3.63, 3.8) is 0 Å². The Morgan fingerprint density at radius 3 is 2.27 bits per heavy atom. The summed E-state index contributed by atoms with van der Waals surface area (Å²) >= 11 is 5.86. The van der Waals surface area contributed by atoms with E-state index >= 15 is 0 Å². The Morgan fingerprint density at radius 2 is 1.73 bits per heavy atom. The van der Waals surface area contributed by atoms with Crippen molar-refractivity contribution in [1.82, 2.24) is 4.31 Å². The van der Waals surface area contributed by atoms with Gasteiger partial charge >= 0.3 is 0 Å². The number of hydrogen-bond donors (Lipinski definition) is 0. The van der Waals surface area contributed by atoms with Gasteiger partial charge in [0.2, 0.25) is 15.9 Å². The molecule has 0 aromatic heterocycles. The summed E-state index contributed by atoms with van der Waals surface area (Å²) < 4.78 is 27.4. The molecule has 0 bridgehead atoms. The van der Waals surface area contributed by atoms with Crippen LogP contribution in [0.4, 0.5) is 5.69 Å². The quantitative estimate of drug-likeness (QED) is 0.476. The number of benzene rings is 2. The van der Waals surface area contributed by atoms with E-state index in [2.05, 4.69) is 6.58 Å². The summed E-state index contributed by atoms with van der Waals surface area (Å²) in [5.41, 5.74) is 1.51. The fourth-order valence-corrected chi connectivity index (χ4v) is 5.06. The van der Waals surface area contributed by atoms with E-state index in [1.807, 2.05) is 26.0 Å². The first-order valence-corrected chi connectivity index (χ1v) is 11.3. The van der Waals surface area contributed by atoms with Crippen molar-refractivity contribution >= 4 is 39.1 Å². The Morgan fingerprint density at radius 1 is 1.13 bits per heavy atom. The number of nitrogens with zero attached hydrogens (tertiary/aromatic N) is 2. The highest BCUT2D eigenvalue weighted by Gasteiger charge is 2.46. The number of hydrogen-bond acceptors (Lipinski definition) is 4. The van der Waals surface area contributed by atoms with Gasteiger partial charge in [-0.25, -0.2) is 13.3 Å². The maximum atomic E-state index is 13.2. The van der Waals surface area contributed by atoms with Crippen molar-refractivity contribution in [3.8, 4) is 0 Å². The van der Waals surface area contributed by atoms with E-state index in [4.69, 9.17) is 11.6 Å². The van der Waals surface area contributed by atoms with Crippen molar-refractivity contribution in [1.29, 1.82) is 0 Å². The van der Waals surface area contributed by atoms with Crippen LogP contribution in [-0.4, -0.2) is 37.1 Å². The Bertz CT molecular complexity index is 1060. The first kappa shape index (κ1) is 22.2. The smallest absolute Gasteiger partial charge is 0.252 e. The molecule has 1 aliphatic rings. The molecule has 6 nitrogen and oxygen atoms in total. The van der Waals surface area contributed by atoms with Gasteiger partial charge in [-0.2, -0.15) is 4.31 Å². The van der Waals surface area contributed by atoms with Crippen molar-refractivity contribution in [2.45, 2.75) is 37.1 Å². The standard InChI is InChI=1S/C22H23ClN2O4S/c1-4-13-24(30(28,29)19-11-7-17(23)8-12-19)20-14-21(26)25(22(20)27)18-9-5-16(6-10-18)15(2)3/h4-12,15,20H,1,13-14H2,2-3H3. The van der Waals surface area contributed by atoms with Crippen LogP contribution in [0.3, 0.4) is 0 Å². The second-order valence-corrected chi connectivity index (χ2v) is 9.68. The zero-order chi connectivity index (χ0) is 22.1. The topological polar surface area (TPSA) is 74.8 Å². The molecular formula is C22H23ClN2O4S. The van der Waals surface area contributed by atoms with Gasteiger partial charge in [-0.3, -0.25) is 9.59 Å². The largest absolute Gasteiger partial charge is 0.274 e. The Balaban J connectivity index is 1.94. The average molecular weight is 447 g/mol. The fraction of sp³-hybridized carbons (Fsp3) is 0.273. The third-order valence-corrected chi connectivity index (χ3v) is 7.16. The van der Waals surface area contributed by atoms with Gasteiger partial charge in [0.15, 0.2) is 0 Å². The monoisotopic (exact) mass is 446 g/mol. The van der Waals surface area contributed by atoms with Gasteiger partial charge in [0.25, 0.3) is 5.91 Å². The van der Waals surface area contributed by atoms with E-state index in [0.717, 1.165) is 14.8 Å². The maximum Gasteiger partial charge on any atom is 0.252 e. The number of halogens is 1. The third kappa shape index (κ3) is 4.19. The Labute approximate surface area is 181 Å². The molecule has 1 heterocycles. The molecule has 1 saturated heterocycles. The molecule has 2 amide bonds. The summed E-state index contributed by atoms with van der Waals surface area (Å²) in [4.78, 5) is 26.9. The second kappa shape index (κ2) is 8.71. The van der Waals surface area contributed by atoms with E-state index in [1.165, 1.54) is 30.3 Å². The molecule has 0 radical (unpaired) electrons. The molecule has 158 valence electrons. The van der Waals surface area contributed by atoms with Gasteiger partial charge in [0.05, 0.1) is 17.0 Å². The van der Waals surface area contributed by atoms with Crippen molar-refractivity contribution < 1.29 is 18.0 Å². The normalized spacial score (nSPS) is 17.2. The first-order valence-electron chi connectivity index (χ1n) is 9.52. The third-order valence-electron chi connectivity index (χ3n) is 5.02. The molecule has 1 aliphatic heterocycles. The lowest BCUT2D eigenvalue weighted by Crippen LogP contribution is -2.45. The second-order valence-electron chi connectivity index (χ2n) is 7.35. The highest BCUT2D eigenvalue weighted by Crippen LogP contribution is 2.30. The van der Waals surface area contributed by atoms with Crippen LogP contribution in [0.25, 0.3) is 0 Å². The minimum atomic E-state index is -4.04. The molecule has 1 unspecified atom stereocenters. The highest BCUT2D eigenvalue weighted by molar-refractivity contribution is 7.89. The number of imide groups is 1. The molecule has 0 aliphatic carbocycles. The number of amides is 2. The predicted octanol–water partition coefficient (Wildman–Crippen LogP) is 3.97. The van der Waals surface area contributed by atoms with Crippen LogP contribution in [0.5, 0.6) is 0 Å². The fourth-order valence-electron chi connectivity index (χ4n) is 3.38. The maximum absolute atomic E-state index is 13.2. The molecule has 0 N–H and O–H groups in total. The summed E-state index contributed by atoms with van der Waals surface area (Å²) in [6.07, 6.45) is 1.16. The Kier molecular flexibility index (Phi) is 6.45. The minimum Gasteiger partial charge on any atom is -0.274 e. The molecule has 1 fully saturated rings. The molecule has 1 atom stereocenters. The zero-order valence-corrected chi connectivity index (χ0v) is 18.4. The van der Waals surface area contributed by atoms with Crippen molar-refractivity contribution in [2.24, 2.45) is 0 Å². The molecule has 30 heavy (non-hydrogen) atoms. The molecular weight excluding hydrogens is 424 g/mol. The summed E-state index contributed by atoms with van der Waals surface area (Å²) in [6.45, 7) is 7.60. The van der Waals surface area contributed by atoms with Gasteiger partial charge < -0.3 is 0 Å². The minimum absolute atomic E-state index is 0.00580. The van der Waals surface area contributed by atoms with Crippen molar-refractivity contribution in [2.75, 3.05) is 11.4 Å². The van der Waals surface area contributed by atoms with Crippen LogP contribution in [0.15, 0.2) is 66.1 Å². The van der Waals surface area contributed by atoms with Crippen LogP contribution >= 0.6 is 11.6 Å². The average Bonchev–Trinajstić information content (AvgIpc) is 3.00. The van der Waals surface area contributed by atoms with E-state index in [9.17, 15) is 18.0 Å². The summed E-state index contributed by atoms with van der Waals surface area (Å²) in [5.74, 6) is -0.705. The number of carbonyl (C=O) groups excluding carboxylic acids is 2. The summed E-state index contributed by atoms with van der Waals surface area (Å²) in [6, 6.07) is 11.7. The lowest BCUT2D eigenvalue weighted by Gasteiger charge is -2.25. The van der Waals surface area contributed by atoms with Crippen LogP contribution in [0, 0.1) is 0 Å². The Hall–Kier alpha value is -2.48. The van der Waals surface area contributed by atoms with E-state index in [0.29, 0.717) is 16.6 Å². The summed E-state index contributed by atoms with van der Waals surface area (Å²) in [7, 11) is -4.04. The number of anilines is 1. The highest BCUT2D eigenvalue weighted by atomic mass is 35.5. The molecule has 2 aromatic rings. The molecule has 8 heteroatoms. The molecule has 2 aromatic carbocycles. The SMILES string of the molecule is C=CCN(C1CC(=O)N(c2ccc(C(C)C)cc2)C1=O)S(=O)(=O)c1ccc(Cl)cc1. The van der Waals surface area contributed by atoms with Crippen LogP contribution in [0.2, 0.25) is 5.02 Å². The van der Waals surface area contributed by atoms with Gasteiger partial charge in [0.1, 0.15) is 6.04 Å². The predicted molar refractivity (Wildman–Crippen MR) is 117 cm³/mol. The van der Waals surface area contributed by atoms with Crippen LogP contribution in [0.1, 0.15) is 31.7 Å². The van der Waals surface area contributed by atoms with E-state index in [1.54, 1.807) is 12.1 Å². The number of carbonyl (C=O) groups is 2. The van der Waals surface area contributed by atoms with Gasteiger partial charge in [0, 0.05) is 11.6 Å². The molecule has 0 saturated carbocycles. The van der Waals surface area contributed by atoms with Crippen LogP contribution in [-0.2, 0) is 19.6 Å². The van der Waals surface area contributed by atoms with Gasteiger partial charge in [-0.1, -0.05) is 43.7 Å². The molecule has 3 rings (SSSR count). The number of rotatable bonds is 7. The van der Waals surface area contributed by atoms with Crippen LogP contribution < -0.4 is 4.90 Å². The molecule has 0 spiro atoms. The van der Waals surface area contributed by atoms with Crippen molar-refractivity contribution in [3.05, 3.63) is 71.8 Å². The van der Waals surface area contributed by atoms with Gasteiger partial charge in [-0.05, 0) is 47.9 Å². The first-order chi connectivity index (χ1) is 14.2. The number of sulfonamides is 1.